The molecule has 33 heavy (non-hydrogen) atoms. The van der Waals surface area contributed by atoms with Crippen LogP contribution in [0.5, 0.6) is 0 Å². The van der Waals surface area contributed by atoms with Crippen LogP contribution in [0.1, 0.15) is 75.6 Å². The number of benzene rings is 2. The van der Waals surface area contributed by atoms with Gasteiger partial charge in [0, 0.05) is 34.2 Å². The van der Waals surface area contributed by atoms with E-state index >= 15 is 0 Å². The number of carbonyl (C=O) groups is 1. The Morgan fingerprint density at radius 1 is 0.818 bits per heavy atom. The second-order valence-corrected chi connectivity index (χ2v) is 8.87. The molecule has 0 fully saturated rings. The van der Waals surface area contributed by atoms with E-state index in [4.69, 9.17) is 4.74 Å². The highest BCUT2D eigenvalue weighted by Crippen LogP contribution is 2.45. The van der Waals surface area contributed by atoms with Crippen molar-refractivity contribution >= 4 is 27.8 Å². The number of aryl methyl sites for hydroxylation is 2. The third kappa shape index (κ3) is 3.86. The topological polar surface area (TPSA) is 57.9 Å². The maximum atomic E-state index is 14.0. The third-order valence-corrected chi connectivity index (χ3v) is 7.06. The summed E-state index contributed by atoms with van der Waals surface area (Å²) in [6, 6.07) is 12.8. The molecule has 174 valence electrons. The number of unbranched alkanes of at least 4 members (excludes halogenated alkanes) is 2. The molecule has 0 aliphatic carbocycles. The lowest BCUT2D eigenvalue weighted by atomic mass is 9.70. The van der Waals surface area contributed by atoms with E-state index in [0.717, 1.165) is 65.0 Å². The zero-order valence-electron chi connectivity index (χ0n) is 20.4. The molecule has 4 rings (SSSR count). The van der Waals surface area contributed by atoms with Crippen molar-refractivity contribution in [3.05, 3.63) is 71.0 Å². The maximum Gasteiger partial charge on any atom is 0.321 e. The highest BCUT2D eigenvalue weighted by molar-refractivity contribution is 6.01. The van der Waals surface area contributed by atoms with Gasteiger partial charge in [-0.2, -0.15) is 0 Å². The van der Waals surface area contributed by atoms with Crippen LogP contribution in [0.25, 0.3) is 21.8 Å². The summed E-state index contributed by atoms with van der Waals surface area (Å²) < 4.78 is 5.83. The second-order valence-electron chi connectivity index (χ2n) is 8.87. The minimum absolute atomic E-state index is 0.160. The molecule has 0 bridgehead atoms. The van der Waals surface area contributed by atoms with Crippen molar-refractivity contribution < 1.29 is 9.53 Å². The van der Waals surface area contributed by atoms with Crippen molar-refractivity contribution in [2.75, 3.05) is 6.61 Å². The van der Waals surface area contributed by atoms with Gasteiger partial charge in [-0.15, -0.1) is 0 Å². The van der Waals surface area contributed by atoms with Crippen LogP contribution in [0.3, 0.4) is 0 Å². The van der Waals surface area contributed by atoms with Crippen molar-refractivity contribution in [3.8, 4) is 0 Å². The number of esters is 1. The zero-order valence-corrected chi connectivity index (χ0v) is 20.4. The Morgan fingerprint density at radius 2 is 1.36 bits per heavy atom. The number of hydrogen-bond acceptors (Lipinski definition) is 2. The van der Waals surface area contributed by atoms with Gasteiger partial charge in [0.05, 0.1) is 6.61 Å². The van der Waals surface area contributed by atoms with Gasteiger partial charge in [-0.3, -0.25) is 4.79 Å². The van der Waals surface area contributed by atoms with Crippen molar-refractivity contribution in [1.82, 2.24) is 9.97 Å². The number of rotatable bonds is 10. The molecule has 0 saturated carbocycles. The average molecular weight is 445 g/mol. The van der Waals surface area contributed by atoms with E-state index in [2.05, 4.69) is 79.5 Å². The normalized spacial score (nSPS) is 12.0. The number of ether oxygens (including phenoxy) is 1. The average Bonchev–Trinajstić information content (AvgIpc) is 3.47. The standard InChI is InChI=1S/C29H36N2O2/c1-5-9-10-17-29(28(32)33-8-4,24-18-30-26-20(6-2)13-11-15-22(24)26)25-19-31-27-21(7-3)14-12-16-23(25)27/h11-16,18-19,30-31H,5-10,17H2,1-4H3. The summed E-state index contributed by atoms with van der Waals surface area (Å²) in [6.45, 7) is 8.79. The van der Waals surface area contributed by atoms with Crippen LogP contribution in [0, 0.1) is 0 Å². The first-order valence-electron chi connectivity index (χ1n) is 12.5. The largest absolute Gasteiger partial charge is 0.465 e. The van der Waals surface area contributed by atoms with Gasteiger partial charge < -0.3 is 14.7 Å². The summed E-state index contributed by atoms with van der Waals surface area (Å²) in [4.78, 5) is 21.0. The number of aromatic amines is 2. The molecule has 2 N–H and O–H groups in total. The fraction of sp³-hybridized carbons (Fsp3) is 0.414. The molecular weight excluding hydrogens is 408 g/mol. The predicted octanol–water partition coefficient (Wildman–Crippen LogP) is 7.20. The van der Waals surface area contributed by atoms with Gasteiger partial charge in [-0.25, -0.2) is 0 Å². The Bertz CT molecular complexity index is 1170. The highest BCUT2D eigenvalue weighted by Gasteiger charge is 2.46. The molecule has 0 spiro atoms. The Morgan fingerprint density at radius 3 is 1.82 bits per heavy atom. The molecule has 0 aliphatic rings. The van der Waals surface area contributed by atoms with Gasteiger partial charge in [0.1, 0.15) is 5.41 Å². The fourth-order valence-electron chi connectivity index (χ4n) is 5.36. The zero-order chi connectivity index (χ0) is 23.4. The van der Waals surface area contributed by atoms with Crippen molar-refractivity contribution in [3.63, 3.8) is 0 Å². The lowest BCUT2D eigenvalue weighted by Crippen LogP contribution is -2.38. The minimum Gasteiger partial charge on any atom is -0.465 e. The van der Waals surface area contributed by atoms with Crippen LogP contribution < -0.4 is 0 Å². The van der Waals surface area contributed by atoms with Gasteiger partial charge >= 0.3 is 5.97 Å². The fourth-order valence-corrected chi connectivity index (χ4v) is 5.36. The van der Waals surface area contributed by atoms with Crippen molar-refractivity contribution in [2.45, 2.75) is 71.6 Å². The second kappa shape index (κ2) is 9.86. The highest BCUT2D eigenvalue weighted by atomic mass is 16.5. The molecule has 0 amide bonds. The molecular formula is C29H36N2O2. The summed E-state index contributed by atoms with van der Waals surface area (Å²) in [5.41, 5.74) is 5.92. The third-order valence-electron chi connectivity index (χ3n) is 7.06. The molecule has 0 saturated heterocycles. The predicted molar refractivity (Wildman–Crippen MR) is 137 cm³/mol. The molecule has 0 radical (unpaired) electrons. The summed E-state index contributed by atoms with van der Waals surface area (Å²) in [6.07, 6.45) is 9.82. The molecule has 2 aromatic heterocycles. The molecule has 0 aliphatic heterocycles. The van der Waals surface area contributed by atoms with Gasteiger partial charge in [0.25, 0.3) is 0 Å². The maximum absolute atomic E-state index is 14.0. The molecule has 4 heteroatoms. The number of nitrogens with one attached hydrogen (secondary N) is 2. The van der Waals surface area contributed by atoms with Gasteiger partial charge in [0.2, 0.25) is 0 Å². The Kier molecular flexibility index (Phi) is 6.92. The number of H-pyrrole nitrogens is 2. The Labute approximate surface area is 196 Å². The summed E-state index contributed by atoms with van der Waals surface area (Å²) in [7, 11) is 0. The molecule has 2 aromatic carbocycles. The smallest absolute Gasteiger partial charge is 0.321 e. The van der Waals surface area contributed by atoms with Gasteiger partial charge in [-0.05, 0) is 48.4 Å². The number of para-hydroxylation sites is 2. The van der Waals surface area contributed by atoms with Crippen LogP contribution in [0.2, 0.25) is 0 Å². The number of hydrogen-bond donors (Lipinski definition) is 2. The van der Waals surface area contributed by atoms with E-state index in [9.17, 15) is 4.79 Å². The quantitative estimate of drug-likeness (QED) is 0.201. The SMILES string of the molecule is CCCCCC(C(=O)OCC)(c1c[nH]c2c(CC)cccc12)c1c[nH]c2c(CC)cccc12. The van der Waals surface area contributed by atoms with E-state index in [1.54, 1.807) is 0 Å². The van der Waals surface area contributed by atoms with Crippen LogP contribution in [-0.4, -0.2) is 22.5 Å². The first-order chi connectivity index (χ1) is 16.1. The number of carbonyl (C=O) groups excluding carboxylic acids is 1. The lowest BCUT2D eigenvalue weighted by Gasteiger charge is -2.32. The van der Waals surface area contributed by atoms with E-state index in [0.29, 0.717) is 13.0 Å². The van der Waals surface area contributed by atoms with Crippen LogP contribution in [-0.2, 0) is 27.8 Å². The lowest BCUT2D eigenvalue weighted by molar-refractivity contribution is -0.148. The van der Waals surface area contributed by atoms with Crippen molar-refractivity contribution in [2.24, 2.45) is 0 Å². The molecule has 0 unspecified atom stereocenters. The molecule has 2 heterocycles. The van der Waals surface area contributed by atoms with Gasteiger partial charge in [0.15, 0.2) is 0 Å². The summed E-state index contributed by atoms with van der Waals surface area (Å²) >= 11 is 0. The van der Waals surface area contributed by atoms with Crippen LogP contribution in [0.4, 0.5) is 0 Å². The van der Waals surface area contributed by atoms with Gasteiger partial charge in [-0.1, -0.05) is 76.4 Å². The van der Waals surface area contributed by atoms with Crippen molar-refractivity contribution in [1.29, 1.82) is 0 Å². The van der Waals surface area contributed by atoms with E-state index in [-0.39, 0.29) is 5.97 Å². The van der Waals surface area contributed by atoms with E-state index in [1.807, 2.05) is 6.92 Å². The first kappa shape index (κ1) is 23.2. The monoisotopic (exact) mass is 444 g/mol. The molecule has 4 nitrogen and oxygen atoms in total. The molecule has 4 aromatic rings. The Hall–Kier alpha value is -3.01. The summed E-state index contributed by atoms with van der Waals surface area (Å²) in [5.74, 6) is -0.160. The van der Waals surface area contributed by atoms with E-state index < -0.39 is 5.41 Å². The molecule has 0 atom stereocenters. The summed E-state index contributed by atoms with van der Waals surface area (Å²) in [5, 5.41) is 2.22. The Balaban J connectivity index is 2.05. The first-order valence-corrected chi connectivity index (χ1v) is 12.5. The number of fused-ring (bicyclic) bond motifs is 2. The van der Waals surface area contributed by atoms with Crippen LogP contribution >= 0.6 is 0 Å². The van der Waals surface area contributed by atoms with Crippen LogP contribution in [0.15, 0.2) is 48.8 Å². The minimum atomic E-state index is -0.875. The van der Waals surface area contributed by atoms with E-state index in [1.165, 1.54) is 11.1 Å². The number of aromatic nitrogens is 2.